The number of carbonyl (C=O) groups is 2. The third-order valence-electron chi connectivity index (χ3n) is 4.44. The van der Waals surface area contributed by atoms with E-state index in [0.29, 0.717) is 47.3 Å². The number of nitrogens with one attached hydrogen (secondary N) is 2. The van der Waals surface area contributed by atoms with Gasteiger partial charge in [0.15, 0.2) is 0 Å². The molecular weight excluding hydrogens is 428 g/mol. The zero-order valence-corrected chi connectivity index (χ0v) is 18.5. The Bertz CT molecular complexity index is 1060. The van der Waals surface area contributed by atoms with Gasteiger partial charge in [-0.2, -0.15) is 0 Å². The molecule has 0 aliphatic rings. The molecule has 7 heteroatoms. The third kappa shape index (κ3) is 7.03. The molecule has 0 bridgehead atoms. The Morgan fingerprint density at radius 2 is 1.56 bits per heavy atom. The molecule has 6 nitrogen and oxygen atoms in total. The average molecular weight is 453 g/mol. The van der Waals surface area contributed by atoms with Crippen molar-refractivity contribution < 1.29 is 19.1 Å². The van der Waals surface area contributed by atoms with E-state index in [2.05, 4.69) is 10.6 Å². The number of anilines is 2. The lowest BCUT2D eigenvalue weighted by Gasteiger charge is -2.12. The molecular formula is C25H25ClN2O4. The molecule has 3 aromatic carbocycles. The number of halogens is 1. The second kappa shape index (κ2) is 11.8. The molecule has 0 heterocycles. The van der Waals surface area contributed by atoms with Crippen LogP contribution >= 0.6 is 11.6 Å². The first kappa shape index (κ1) is 23.2. The van der Waals surface area contributed by atoms with Crippen LogP contribution in [0.5, 0.6) is 11.5 Å². The van der Waals surface area contributed by atoms with Crippen molar-refractivity contribution in [3.05, 3.63) is 83.4 Å². The van der Waals surface area contributed by atoms with Gasteiger partial charge < -0.3 is 20.1 Å². The van der Waals surface area contributed by atoms with Crippen LogP contribution in [0.2, 0.25) is 5.02 Å². The number of rotatable bonds is 10. The molecule has 0 saturated heterocycles. The fourth-order valence-electron chi connectivity index (χ4n) is 2.91. The Balaban J connectivity index is 1.57. The minimum absolute atomic E-state index is 0.0896. The molecule has 0 radical (unpaired) electrons. The molecule has 166 valence electrons. The zero-order valence-electron chi connectivity index (χ0n) is 17.8. The van der Waals surface area contributed by atoms with E-state index >= 15 is 0 Å². The summed E-state index contributed by atoms with van der Waals surface area (Å²) < 4.78 is 11.3. The summed E-state index contributed by atoms with van der Waals surface area (Å²) in [7, 11) is 0. The van der Waals surface area contributed by atoms with Crippen molar-refractivity contribution in [2.75, 3.05) is 23.8 Å². The second-order valence-corrected chi connectivity index (χ2v) is 7.39. The number of amides is 2. The van der Waals surface area contributed by atoms with Gasteiger partial charge in [-0.25, -0.2) is 0 Å². The summed E-state index contributed by atoms with van der Waals surface area (Å²) in [6, 6.07) is 21.3. The number of hydrogen-bond donors (Lipinski definition) is 2. The van der Waals surface area contributed by atoms with Crippen molar-refractivity contribution in [1.82, 2.24) is 0 Å². The zero-order chi connectivity index (χ0) is 22.8. The van der Waals surface area contributed by atoms with Crippen LogP contribution in [0.4, 0.5) is 11.4 Å². The highest BCUT2D eigenvalue weighted by Gasteiger charge is 2.11. The van der Waals surface area contributed by atoms with Crippen molar-refractivity contribution in [1.29, 1.82) is 0 Å². The van der Waals surface area contributed by atoms with Gasteiger partial charge in [0, 0.05) is 17.7 Å². The number of hydrogen-bond acceptors (Lipinski definition) is 4. The summed E-state index contributed by atoms with van der Waals surface area (Å²) in [5, 5.41) is 5.95. The molecule has 3 aromatic rings. The van der Waals surface area contributed by atoms with Gasteiger partial charge in [-0.05, 0) is 55.0 Å². The first-order valence-corrected chi connectivity index (χ1v) is 10.7. The van der Waals surface area contributed by atoms with Gasteiger partial charge in [0.1, 0.15) is 24.7 Å². The van der Waals surface area contributed by atoms with Crippen molar-refractivity contribution in [3.8, 4) is 11.5 Å². The quantitative estimate of drug-likeness (QED) is 0.382. The lowest BCUT2D eigenvalue weighted by molar-refractivity contribution is -0.116. The van der Waals surface area contributed by atoms with Crippen molar-refractivity contribution in [3.63, 3.8) is 0 Å². The molecule has 32 heavy (non-hydrogen) atoms. The second-order valence-electron chi connectivity index (χ2n) is 6.98. The summed E-state index contributed by atoms with van der Waals surface area (Å²) in [6.45, 7) is 2.65. The molecule has 0 atom stereocenters. The maximum Gasteiger partial charge on any atom is 0.255 e. The van der Waals surface area contributed by atoms with Gasteiger partial charge in [-0.3, -0.25) is 9.59 Å². The summed E-state index contributed by atoms with van der Waals surface area (Å²) in [6.07, 6.45) is 1.17. The maximum atomic E-state index is 12.7. The standard InChI is InChI=1S/C25H25ClN2O4/c1-2-7-24(29)27-19-12-13-22(26)23(17-19)28-25(30)18-8-6-11-21(16-18)32-15-14-31-20-9-4-3-5-10-20/h3-6,8-13,16-17H,2,7,14-15H2,1H3,(H,27,29)(H,28,30). The predicted octanol–water partition coefficient (Wildman–Crippen LogP) is 5.79. The van der Waals surface area contributed by atoms with E-state index in [4.69, 9.17) is 21.1 Å². The normalized spacial score (nSPS) is 10.3. The lowest BCUT2D eigenvalue weighted by atomic mass is 10.2. The van der Waals surface area contributed by atoms with Gasteiger partial charge in [0.25, 0.3) is 5.91 Å². The molecule has 3 rings (SSSR count). The highest BCUT2D eigenvalue weighted by atomic mass is 35.5. The fraction of sp³-hybridized carbons (Fsp3) is 0.200. The Hall–Kier alpha value is -3.51. The topological polar surface area (TPSA) is 76.7 Å². The predicted molar refractivity (Wildman–Crippen MR) is 127 cm³/mol. The molecule has 0 saturated carbocycles. The molecule has 0 unspecified atom stereocenters. The van der Waals surface area contributed by atoms with E-state index in [1.807, 2.05) is 37.3 Å². The molecule has 2 N–H and O–H groups in total. The first-order chi connectivity index (χ1) is 15.5. The van der Waals surface area contributed by atoms with Crippen LogP contribution in [-0.4, -0.2) is 25.0 Å². The highest BCUT2D eigenvalue weighted by Crippen LogP contribution is 2.26. The number of ether oxygens (including phenoxy) is 2. The highest BCUT2D eigenvalue weighted by molar-refractivity contribution is 6.34. The monoisotopic (exact) mass is 452 g/mol. The van der Waals surface area contributed by atoms with Crippen LogP contribution in [0, 0.1) is 0 Å². The minimum Gasteiger partial charge on any atom is -0.490 e. The summed E-state index contributed by atoms with van der Waals surface area (Å²) in [5.74, 6) is 0.901. The van der Waals surface area contributed by atoms with Gasteiger partial charge in [0.2, 0.25) is 5.91 Å². The summed E-state index contributed by atoms with van der Waals surface area (Å²) in [4.78, 5) is 24.6. The van der Waals surface area contributed by atoms with Gasteiger partial charge in [-0.15, -0.1) is 0 Å². The number of benzene rings is 3. The SMILES string of the molecule is CCCC(=O)Nc1ccc(Cl)c(NC(=O)c2cccc(OCCOc3ccccc3)c2)c1. The van der Waals surface area contributed by atoms with E-state index in [9.17, 15) is 9.59 Å². The van der Waals surface area contributed by atoms with Crippen molar-refractivity contribution >= 4 is 34.8 Å². The average Bonchev–Trinajstić information content (AvgIpc) is 2.80. The Kier molecular flexibility index (Phi) is 8.52. The van der Waals surface area contributed by atoms with Crippen molar-refractivity contribution in [2.45, 2.75) is 19.8 Å². The van der Waals surface area contributed by atoms with E-state index in [1.165, 1.54) is 0 Å². The van der Waals surface area contributed by atoms with E-state index in [-0.39, 0.29) is 11.8 Å². The minimum atomic E-state index is -0.338. The van der Waals surface area contributed by atoms with Crippen LogP contribution in [0.15, 0.2) is 72.8 Å². The largest absolute Gasteiger partial charge is 0.490 e. The summed E-state index contributed by atoms with van der Waals surface area (Å²) in [5.41, 5.74) is 1.40. The first-order valence-electron chi connectivity index (χ1n) is 10.4. The van der Waals surface area contributed by atoms with Crippen LogP contribution in [0.25, 0.3) is 0 Å². The van der Waals surface area contributed by atoms with Gasteiger partial charge in [-0.1, -0.05) is 42.8 Å². The van der Waals surface area contributed by atoms with Crippen molar-refractivity contribution in [2.24, 2.45) is 0 Å². The molecule has 0 aliphatic carbocycles. The summed E-state index contributed by atoms with van der Waals surface area (Å²) >= 11 is 6.23. The molecule has 0 fully saturated rings. The van der Waals surface area contributed by atoms with E-state index in [0.717, 1.165) is 12.2 Å². The van der Waals surface area contributed by atoms with Crippen LogP contribution < -0.4 is 20.1 Å². The van der Waals surface area contributed by atoms with E-state index < -0.39 is 0 Å². The van der Waals surface area contributed by atoms with E-state index in [1.54, 1.807) is 42.5 Å². The Morgan fingerprint density at radius 3 is 2.31 bits per heavy atom. The number of para-hydroxylation sites is 1. The molecule has 0 aromatic heterocycles. The maximum absolute atomic E-state index is 12.7. The van der Waals surface area contributed by atoms with Gasteiger partial charge >= 0.3 is 0 Å². The molecule has 2 amide bonds. The molecule has 0 aliphatic heterocycles. The Labute approximate surface area is 192 Å². The lowest BCUT2D eigenvalue weighted by Crippen LogP contribution is -2.14. The third-order valence-corrected chi connectivity index (χ3v) is 4.77. The van der Waals surface area contributed by atoms with Crippen LogP contribution in [-0.2, 0) is 4.79 Å². The number of carbonyl (C=O) groups excluding carboxylic acids is 2. The van der Waals surface area contributed by atoms with Crippen LogP contribution in [0.3, 0.4) is 0 Å². The van der Waals surface area contributed by atoms with Crippen LogP contribution in [0.1, 0.15) is 30.1 Å². The molecule has 0 spiro atoms. The Morgan fingerprint density at radius 1 is 0.844 bits per heavy atom. The van der Waals surface area contributed by atoms with Gasteiger partial charge in [0.05, 0.1) is 10.7 Å². The fourth-order valence-corrected chi connectivity index (χ4v) is 3.07. The smallest absolute Gasteiger partial charge is 0.255 e.